The largest absolute Gasteiger partial charge is 0.458 e. The lowest BCUT2D eigenvalue weighted by Crippen LogP contribution is -2.46. The summed E-state index contributed by atoms with van der Waals surface area (Å²) in [6, 6.07) is -1.38. The number of ether oxygens (including phenoxy) is 1. The van der Waals surface area contributed by atoms with Crippen LogP contribution in [0.1, 0.15) is 41.0 Å². The average molecular weight is 230 g/mol. The molecule has 0 spiro atoms. The molecule has 0 radical (unpaired) electrons. The van der Waals surface area contributed by atoms with Gasteiger partial charge in [-0.25, -0.2) is 9.59 Å². The van der Waals surface area contributed by atoms with Gasteiger partial charge in [-0.2, -0.15) is 0 Å². The second kappa shape index (κ2) is 5.72. The van der Waals surface area contributed by atoms with E-state index in [2.05, 4.69) is 5.32 Å². The minimum atomic E-state index is -0.712. The van der Waals surface area contributed by atoms with E-state index in [1.165, 1.54) is 0 Å². The molecule has 16 heavy (non-hydrogen) atoms. The van der Waals surface area contributed by atoms with Crippen molar-refractivity contribution in [2.24, 2.45) is 11.7 Å². The minimum absolute atomic E-state index is 0.268. The highest BCUT2D eigenvalue weighted by Crippen LogP contribution is 2.12. The fourth-order valence-electron chi connectivity index (χ4n) is 1.23. The number of urea groups is 1. The summed E-state index contributed by atoms with van der Waals surface area (Å²) in [6.07, 6.45) is 0.512. The van der Waals surface area contributed by atoms with Crippen LogP contribution in [-0.4, -0.2) is 23.6 Å². The Bertz CT molecular complexity index is 256. The maximum Gasteiger partial charge on any atom is 0.329 e. The Morgan fingerprint density at radius 2 is 1.81 bits per heavy atom. The van der Waals surface area contributed by atoms with Crippen molar-refractivity contribution in [1.29, 1.82) is 0 Å². The predicted octanol–water partition coefficient (Wildman–Crippen LogP) is 1.41. The van der Waals surface area contributed by atoms with Crippen molar-refractivity contribution < 1.29 is 14.3 Å². The van der Waals surface area contributed by atoms with E-state index >= 15 is 0 Å². The Kier molecular flexibility index (Phi) is 5.27. The van der Waals surface area contributed by atoms with Crippen LogP contribution in [0.4, 0.5) is 4.79 Å². The van der Waals surface area contributed by atoms with Gasteiger partial charge in [-0.15, -0.1) is 0 Å². The number of carbonyl (C=O) groups excluding carboxylic acids is 2. The number of amides is 2. The van der Waals surface area contributed by atoms with Crippen LogP contribution in [0, 0.1) is 5.92 Å². The quantitative estimate of drug-likeness (QED) is 0.716. The summed E-state index contributed by atoms with van der Waals surface area (Å²) in [4.78, 5) is 22.5. The molecule has 0 bridgehead atoms. The molecular formula is C11H22N2O3. The Hall–Kier alpha value is -1.26. The van der Waals surface area contributed by atoms with Crippen molar-refractivity contribution in [2.75, 3.05) is 0 Å². The molecule has 1 unspecified atom stereocenters. The maximum absolute atomic E-state index is 11.7. The zero-order valence-corrected chi connectivity index (χ0v) is 10.7. The van der Waals surface area contributed by atoms with Gasteiger partial charge >= 0.3 is 12.0 Å². The smallest absolute Gasteiger partial charge is 0.329 e. The number of primary amides is 1. The molecule has 0 aliphatic heterocycles. The molecule has 0 heterocycles. The molecule has 5 nitrogen and oxygen atoms in total. The van der Waals surface area contributed by atoms with Crippen molar-refractivity contribution in [3.63, 3.8) is 0 Å². The third kappa shape index (κ3) is 7.09. The topological polar surface area (TPSA) is 81.4 Å². The van der Waals surface area contributed by atoms with Crippen LogP contribution in [0.15, 0.2) is 0 Å². The third-order valence-corrected chi connectivity index (χ3v) is 1.71. The van der Waals surface area contributed by atoms with Gasteiger partial charge in [-0.3, -0.25) is 0 Å². The summed E-state index contributed by atoms with van der Waals surface area (Å²) < 4.78 is 5.19. The zero-order valence-electron chi connectivity index (χ0n) is 10.7. The van der Waals surface area contributed by atoms with Gasteiger partial charge in [0.15, 0.2) is 0 Å². The molecular weight excluding hydrogens is 208 g/mol. The van der Waals surface area contributed by atoms with Crippen LogP contribution in [0.2, 0.25) is 0 Å². The lowest BCUT2D eigenvalue weighted by atomic mass is 10.0. The van der Waals surface area contributed by atoms with Crippen LogP contribution in [0.5, 0.6) is 0 Å². The molecule has 0 aliphatic carbocycles. The summed E-state index contributed by atoms with van der Waals surface area (Å²) in [5, 5.41) is 2.40. The van der Waals surface area contributed by atoms with Gasteiger partial charge in [0.05, 0.1) is 0 Å². The fraction of sp³-hybridized carbons (Fsp3) is 0.818. The zero-order chi connectivity index (χ0) is 12.9. The van der Waals surface area contributed by atoms with Crippen LogP contribution < -0.4 is 11.1 Å². The van der Waals surface area contributed by atoms with E-state index in [-0.39, 0.29) is 5.92 Å². The van der Waals surface area contributed by atoms with Crippen LogP contribution in [0.3, 0.4) is 0 Å². The summed E-state index contributed by atoms with van der Waals surface area (Å²) in [5.41, 5.74) is 4.45. The number of nitrogens with one attached hydrogen (secondary N) is 1. The normalized spacial score (nSPS) is 13.4. The maximum atomic E-state index is 11.7. The molecule has 0 saturated heterocycles. The lowest BCUT2D eigenvalue weighted by molar-refractivity contribution is -0.157. The van der Waals surface area contributed by atoms with Gasteiger partial charge in [-0.05, 0) is 33.1 Å². The van der Waals surface area contributed by atoms with Gasteiger partial charge in [-0.1, -0.05) is 13.8 Å². The molecule has 0 aromatic carbocycles. The van der Waals surface area contributed by atoms with Crippen molar-refractivity contribution in [3.05, 3.63) is 0 Å². The Labute approximate surface area is 96.7 Å². The van der Waals surface area contributed by atoms with Crippen molar-refractivity contribution in [2.45, 2.75) is 52.7 Å². The van der Waals surface area contributed by atoms with Gasteiger partial charge < -0.3 is 15.8 Å². The van der Waals surface area contributed by atoms with E-state index in [0.29, 0.717) is 6.42 Å². The first kappa shape index (κ1) is 14.7. The molecule has 5 heteroatoms. The van der Waals surface area contributed by atoms with Gasteiger partial charge in [0.2, 0.25) is 0 Å². The Morgan fingerprint density at radius 1 is 1.31 bits per heavy atom. The summed E-state index contributed by atoms with van der Waals surface area (Å²) in [6.45, 7) is 9.25. The summed E-state index contributed by atoms with van der Waals surface area (Å²) in [7, 11) is 0. The molecule has 0 aromatic rings. The first-order chi connectivity index (χ1) is 7.11. The molecule has 3 N–H and O–H groups in total. The van der Waals surface area contributed by atoms with Crippen molar-refractivity contribution in [1.82, 2.24) is 5.32 Å². The lowest BCUT2D eigenvalue weighted by Gasteiger charge is -2.24. The van der Waals surface area contributed by atoms with E-state index in [0.717, 1.165) is 0 Å². The average Bonchev–Trinajstić information content (AvgIpc) is 1.97. The fourth-order valence-corrected chi connectivity index (χ4v) is 1.23. The van der Waals surface area contributed by atoms with E-state index in [9.17, 15) is 9.59 Å². The van der Waals surface area contributed by atoms with E-state index < -0.39 is 23.6 Å². The second-order valence-corrected chi connectivity index (χ2v) is 5.22. The number of esters is 1. The summed E-state index contributed by atoms with van der Waals surface area (Å²) in [5.74, 6) is -0.177. The van der Waals surface area contributed by atoms with Crippen LogP contribution in [0.25, 0.3) is 0 Å². The van der Waals surface area contributed by atoms with Crippen LogP contribution in [-0.2, 0) is 9.53 Å². The highest BCUT2D eigenvalue weighted by Gasteiger charge is 2.26. The SMILES string of the molecule is CC(C)CC(NC(N)=O)C(=O)OC(C)(C)C. The van der Waals surface area contributed by atoms with Gasteiger partial charge in [0.1, 0.15) is 11.6 Å². The van der Waals surface area contributed by atoms with Crippen LogP contribution >= 0.6 is 0 Å². The van der Waals surface area contributed by atoms with E-state index in [1.807, 2.05) is 13.8 Å². The monoisotopic (exact) mass is 230 g/mol. The van der Waals surface area contributed by atoms with E-state index in [1.54, 1.807) is 20.8 Å². The molecule has 0 aromatic heterocycles. The molecule has 0 saturated carbocycles. The predicted molar refractivity (Wildman–Crippen MR) is 61.8 cm³/mol. The molecule has 0 aliphatic rings. The molecule has 0 fully saturated rings. The second-order valence-electron chi connectivity index (χ2n) is 5.22. The van der Waals surface area contributed by atoms with Gasteiger partial charge in [0, 0.05) is 0 Å². The van der Waals surface area contributed by atoms with Gasteiger partial charge in [0.25, 0.3) is 0 Å². The van der Waals surface area contributed by atoms with Crippen molar-refractivity contribution in [3.8, 4) is 0 Å². The number of rotatable bonds is 4. The molecule has 1 atom stereocenters. The number of hydrogen-bond acceptors (Lipinski definition) is 3. The molecule has 94 valence electrons. The number of hydrogen-bond donors (Lipinski definition) is 2. The molecule has 0 rings (SSSR count). The number of nitrogens with two attached hydrogens (primary N) is 1. The summed E-state index contributed by atoms with van der Waals surface area (Å²) >= 11 is 0. The third-order valence-electron chi connectivity index (χ3n) is 1.71. The Morgan fingerprint density at radius 3 is 2.12 bits per heavy atom. The molecule has 2 amide bonds. The highest BCUT2D eigenvalue weighted by atomic mass is 16.6. The van der Waals surface area contributed by atoms with Crippen molar-refractivity contribution >= 4 is 12.0 Å². The number of carbonyl (C=O) groups is 2. The minimum Gasteiger partial charge on any atom is -0.458 e. The highest BCUT2D eigenvalue weighted by molar-refractivity contribution is 5.82. The first-order valence-corrected chi connectivity index (χ1v) is 5.40. The first-order valence-electron chi connectivity index (χ1n) is 5.40. The Balaban J connectivity index is 4.49. The van der Waals surface area contributed by atoms with E-state index in [4.69, 9.17) is 10.5 Å². The standard InChI is InChI=1S/C11H22N2O3/c1-7(2)6-8(13-10(12)15)9(14)16-11(3,4)5/h7-8H,6H2,1-5H3,(H3,12,13,15).